The molecule has 0 saturated heterocycles. The highest BCUT2D eigenvalue weighted by Gasteiger charge is 2.22. The van der Waals surface area contributed by atoms with Gasteiger partial charge >= 0.3 is 0 Å². The van der Waals surface area contributed by atoms with Gasteiger partial charge in [-0.1, -0.05) is 0 Å². The molecule has 0 atom stereocenters. The van der Waals surface area contributed by atoms with Gasteiger partial charge in [-0.05, 0) is 54.1 Å². The van der Waals surface area contributed by atoms with Crippen LogP contribution < -0.4 is 0 Å². The van der Waals surface area contributed by atoms with Crippen LogP contribution in [0.5, 0.6) is 0 Å². The molecule has 0 aliphatic heterocycles. The first kappa shape index (κ1) is 15.5. The molecule has 6 heteroatoms. The summed E-state index contributed by atoms with van der Waals surface area (Å²) in [5, 5.41) is 7.94. The number of H-pyrrole nitrogens is 1. The van der Waals surface area contributed by atoms with Gasteiger partial charge in [-0.3, -0.25) is 10.1 Å². The highest BCUT2D eigenvalue weighted by molar-refractivity contribution is 6.04. The van der Waals surface area contributed by atoms with Gasteiger partial charge in [0.15, 0.2) is 5.65 Å². The summed E-state index contributed by atoms with van der Waals surface area (Å²) in [6.45, 7) is 0. The van der Waals surface area contributed by atoms with Crippen LogP contribution in [0.15, 0.2) is 77.8 Å². The number of hydrogen-bond donors (Lipinski definition) is 1. The van der Waals surface area contributed by atoms with Crippen molar-refractivity contribution >= 4 is 11.0 Å². The van der Waals surface area contributed by atoms with Crippen molar-refractivity contribution in [1.29, 1.82) is 0 Å². The van der Waals surface area contributed by atoms with Crippen molar-refractivity contribution in [2.75, 3.05) is 0 Å². The Kier molecular flexibility index (Phi) is 3.53. The molecule has 5 aromatic rings. The van der Waals surface area contributed by atoms with Crippen LogP contribution in [0.4, 0.5) is 4.39 Å². The summed E-state index contributed by atoms with van der Waals surface area (Å²) in [6.07, 6.45) is 6.83. The molecule has 4 aromatic heterocycles. The van der Waals surface area contributed by atoms with E-state index in [2.05, 4.69) is 15.2 Å². The summed E-state index contributed by atoms with van der Waals surface area (Å²) in [4.78, 5) is 8.90. The Hall–Kier alpha value is -3.80. The standard InChI is InChI=1S/C21H13FN4O/c22-15-5-3-14(4-6-15)20-18(13-7-9-23-10-8-13)19(17-2-1-11-27-17)16-12-24-26-21(16)25-20/h1-12H,(H,24,25,26). The van der Waals surface area contributed by atoms with E-state index < -0.39 is 0 Å². The highest BCUT2D eigenvalue weighted by atomic mass is 19.1. The summed E-state index contributed by atoms with van der Waals surface area (Å²) >= 11 is 0. The molecule has 0 radical (unpaired) electrons. The van der Waals surface area contributed by atoms with E-state index in [4.69, 9.17) is 9.40 Å². The quantitative estimate of drug-likeness (QED) is 0.489. The van der Waals surface area contributed by atoms with Crippen LogP contribution in [-0.4, -0.2) is 20.2 Å². The van der Waals surface area contributed by atoms with E-state index in [0.717, 1.165) is 27.6 Å². The Balaban J connectivity index is 1.93. The molecule has 0 unspecified atom stereocenters. The summed E-state index contributed by atoms with van der Waals surface area (Å²) < 4.78 is 19.2. The third-order valence-electron chi connectivity index (χ3n) is 4.45. The first-order valence-corrected chi connectivity index (χ1v) is 8.38. The molecule has 5 rings (SSSR count). The van der Waals surface area contributed by atoms with E-state index in [9.17, 15) is 4.39 Å². The SMILES string of the molecule is Fc1ccc(-c2nc3[nH]ncc3c(-c3ccco3)c2-c2ccncc2)cc1. The predicted molar refractivity (Wildman–Crippen MR) is 100 cm³/mol. The third-order valence-corrected chi connectivity index (χ3v) is 4.45. The summed E-state index contributed by atoms with van der Waals surface area (Å²) in [5.41, 5.74) is 4.85. The van der Waals surface area contributed by atoms with E-state index in [-0.39, 0.29) is 5.82 Å². The van der Waals surface area contributed by atoms with Gasteiger partial charge in [-0.25, -0.2) is 9.37 Å². The van der Waals surface area contributed by atoms with Crippen LogP contribution in [0.3, 0.4) is 0 Å². The summed E-state index contributed by atoms with van der Waals surface area (Å²) in [7, 11) is 0. The van der Waals surface area contributed by atoms with Gasteiger partial charge in [-0.2, -0.15) is 5.10 Å². The van der Waals surface area contributed by atoms with Crippen molar-refractivity contribution in [3.8, 4) is 33.7 Å². The second kappa shape index (κ2) is 6.17. The van der Waals surface area contributed by atoms with Crippen molar-refractivity contribution < 1.29 is 8.81 Å². The average molecular weight is 356 g/mol. The number of aromatic amines is 1. The zero-order valence-corrected chi connectivity index (χ0v) is 14.1. The number of fused-ring (bicyclic) bond motifs is 1. The topological polar surface area (TPSA) is 67.6 Å². The summed E-state index contributed by atoms with van der Waals surface area (Å²) in [6, 6.07) is 13.9. The zero-order valence-electron chi connectivity index (χ0n) is 14.1. The fourth-order valence-electron chi connectivity index (χ4n) is 3.26. The molecule has 130 valence electrons. The fourth-order valence-corrected chi connectivity index (χ4v) is 3.26. The largest absolute Gasteiger partial charge is 0.464 e. The molecule has 0 amide bonds. The number of halogens is 1. The molecule has 0 aliphatic rings. The second-order valence-electron chi connectivity index (χ2n) is 6.06. The number of pyridine rings is 2. The monoisotopic (exact) mass is 356 g/mol. The molecule has 0 saturated carbocycles. The minimum Gasteiger partial charge on any atom is -0.464 e. The average Bonchev–Trinajstić information content (AvgIpc) is 3.40. The number of nitrogens with zero attached hydrogens (tertiary/aromatic N) is 3. The Labute approximate surface area is 153 Å². The molecule has 0 bridgehead atoms. The third kappa shape index (κ3) is 2.58. The number of furan rings is 1. The molecule has 0 fully saturated rings. The van der Waals surface area contributed by atoms with Crippen LogP contribution >= 0.6 is 0 Å². The lowest BCUT2D eigenvalue weighted by atomic mass is 9.92. The minimum absolute atomic E-state index is 0.293. The predicted octanol–water partition coefficient (Wildman–Crippen LogP) is 5.09. The fraction of sp³-hybridized carbons (Fsp3) is 0. The maximum Gasteiger partial charge on any atom is 0.156 e. The van der Waals surface area contributed by atoms with Crippen molar-refractivity contribution in [3.63, 3.8) is 0 Å². The molecule has 0 spiro atoms. The van der Waals surface area contributed by atoms with Crippen LogP contribution in [0.2, 0.25) is 0 Å². The first-order valence-electron chi connectivity index (χ1n) is 8.38. The normalized spacial score (nSPS) is 11.1. The zero-order chi connectivity index (χ0) is 18.2. The number of aromatic nitrogens is 4. The van der Waals surface area contributed by atoms with Crippen LogP contribution in [0.25, 0.3) is 44.7 Å². The van der Waals surface area contributed by atoms with Gasteiger partial charge < -0.3 is 4.42 Å². The highest BCUT2D eigenvalue weighted by Crippen LogP contribution is 2.42. The van der Waals surface area contributed by atoms with Gasteiger partial charge in [0.1, 0.15) is 11.6 Å². The number of nitrogens with one attached hydrogen (secondary N) is 1. The van der Waals surface area contributed by atoms with Gasteiger partial charge in [0.2, 0.25) is 0 Å². The molecule has 1 N–H and O–H groups in total. The van der Waals surface area contributed by atoms with Gasteiger partial charge in [-0.15, -0.1) is 0 Å². The van der Waals surface area contributed by atoms with E-state index >= 15 is 0 Å². The maximum absolute atomic E-state index is 13.5. The number of hydrogen-bond acceptors (Lipinski definition) is 4. The van der Waals surface area contributed by atoms with Crippen molar-refractivity contribution in [1.82, 2.24) is 20.2 Å². The van der Waals surface area contributed by atoms with Crippen molar-refractivity contribution in [3.05, 3.63) is 79.2 Å². The van der Waals surface area contributed by atoms with Crippen LogP contribution in [-0.2, 0) is 0 Å². The van der Waals surface area contributed by atoms with Crippen molar-refractivity contribution in [2.45, 2.75) is 0 Å². The minimum atomic E-state index is -0.293. The first-order chi connectivity index (χ1) is 13.3. The molecule has 5 nitrogen and oxygen atoms in total. The van der Waals surface area contributed by atoms with Gasteiger partial charge in [0.05, 0.1) is 23.5 Å². The van der Waals surface area contributed by atoms with Gasteiger partial charge in [0, 0.05) is 29.1 Å². The van der Waals surface area contributed by atoms with Crippen LogP contribution in [0, 0.1) is 5.82 Å². The number of rotatable bonds is 3. The van der Waals surface area contributed by atoms with E-state index in [0.29, 0.717) is 17.1 Å². The van der Waals surface area contributed by atoms with E-state index in [1.165, 1.54) is 12.1 Å². The maximum atomic E-state index is 13.5. The lowest BCUT2D eigenvalue weighted by Gasteiger charge is -2.15. The van der Waals surface area contributed by atoms with Crippen LogP contribution in [0.1, 0.15) is 0 Å². The Morgan fingerprint density at radius 3 is 2.44 bits per heavy atom. The second-order valence-corrected chi connectivity index (χ2v) is 6.06. The van der Waals surface area contributed by atoms with E-state index in [1.807, 2.05) is 24.3 Å². The lowest BCUT2D eigenvalue weighted by Crippen LogP contribution is -1.95. The Bertz CT molecular complexity index is 1210. The molecular weight excluding hydrogens is 343 g/mol. The molecule has 1 aromatic carbocycles. The Morgan fingerprint density at radius 2 is 1.70 bits per heavy atom. The van der Waals surface area contributed by atoms with Crippen molar-refractivity contribution in [2.24, 2.45) is 0 Å². The molecule has 4 heterocycles. The molecule has 27 heavy (non-hydrogen) atoms. The summed E-state index contributed by atoms with van der Waals surface area (Å²) in [5.74, 6) is 0.414. The Morgan fingerprint density at radius 1 is 0.889 bits per heavy atom. The smallest absolute Gasteiger partial charge is 0.156 e. The lowest BCUT2D eigenvalue weighted by molar-refractivity contribution is 0.583. The van der Waals surface area contributed by atoms with E-state index in [1.54, 1.807) is 37.0 Å². The number of benzene rings is 1. The van der Waals surface area contributed by atoms with Gasteiger partial charge in [0.25, 0.3) is 0 Å². The molecule has 0 aliphatic carbocycles. The molecular formula is C21H13FN4O.